The second kappa shape index (κ2) is 7.47. The van der Waals surface area contributed by atoms with Crippen LogP contribution in [0, 0.1) is 0 Å². The number of halogens is 1. The number of nitrogens with one attached hydrogen (secondary N) is 1. The summed E-state index contributed by atoms with van der Waals surface area (Å²) in [5, 5.41) is 8.80. The van der Waals surface area contributed by atoms with E-state index in [1.165, 1.54) is 0 Å². The Morgan fingerprint density at radius 2 is 1.96 bits per heavy atom. The maximum Gasteiger partial charge on any atom is 0.407 e. The van der Waals surface area contributed by atoms with E-state index in [0.717, 1.165) is 46.8 Å². The molecule has 1 amide bonds. The number of hydrogen-bond acceptors (Lipinski definition) is 4. The molecular weight excluding hydrogens is 398 g/mol. The highest BCUT2D eigenvalue weighted by Gasteiger charge is 2.26. The van der Waals surface area contributed by atoms with Crippen molar-refractivity contribution >= 4 is 32.9 Å². The summed E-state index contributed by atoms with van der Waals surface area (Å²) in [6.45, 7) is 5.62. The van der Waals surface area contributed by atoms with Crippen molar-refractivity contribution in [3.8, 4) is 5.75 Å². The zero-order valence-electron chi connectivity index (χ0n) is 15.7. The molecule has 1 aromatic carbocycles. The molecule has 0 atom stereocenters. The lowest BCUT2D eigenvalue weighted by Gasteiger charge is -2.30. The zero-order chi connectivity index (χ0) is 18.9. The molecule has 1 fully saturated rings. The van der Waals surface area contributed by atoms with Crippen molar-refractivity contribution in [3.63, 3.8) is 0 Å². The van der Waals surface area contributed by atoms with Gasteiger partial charge in [-0.05, 0) is 68.5 Å². The number of alkyl carbamates (subject to hydrolysis) is 1. The molecule has 1 heterocycles. The maximum absolute atomic E-state index is 11.9. The third-order valence-corrected chi connectivity index (χ3v) is 5.21. The molecule has 1 aliphatic rings. The maximum atomic E-state index is 11.9. The molecule has 0 unspecified atom stereocenters. The average molecular weight is 424 g/mol. The van der Waals surface area contributed by atoms with Gasteiger partial charge in [-0.2, -0.15) is 5.10 Å². The molecule has 0 saturated heterocycles. The Kier molecular flexibility index (Phi) is 5.46. The lowest BCUT2D eigenvalue weighted by Crippen LogP contribution is -2.41. The number of fused-ring (bicyclic) bond motifs is 1. The van der Waals surface area contributed by atoms with Gasteiger partial charge in [0, 0.05) is 23.7 Å². The number of carbonyl (C=O) groups excluding carboxylic acids is 1. The molecule has 0 bridgehead atoms. The van der Waals surface area contributed by atoms with E-state index >= 15 is 0 Å². The van der Waals surface area contributed by atoms with Crippen LogP contribution in [-0.2, 0) is 4.74 Å². The zero-order valence-corrected chi connectivity index (χ0v) is 17.3. The molecule has 26 heavy (non-hydrogen) atoms. The molecular formula is C19H26BrN3O3. The van der Waals surface area contributed by atoms with E-state index in [9.17, 15) is 4.79 Å². The number of ether oxygens (including phenoxy) is 2. The highest BCUT2D eigenvalue weighted by atomic mass is 79.9. The van der Waals surface area contributed by atoms with Crippen LogP contribution in [0.25, 0.3) is 10.9 Å². The van der Waals surface area contributed by atoms with Crippen molar-refractivity contribution in [3.05, 3.63) is 22.8 Å². The number of carbonyl (C=O) groups is 1. The van der Waals surface area contributed by atoms with E-state index < -0.39 is 5.60 Å². The third-order valence-electron chi connectivity index (χ3n) is 4.59. The minimum absolute atomic E-state index is 0.167. The van der Waals surface area contributed by atoms with Crippen molar-refractivity contribution in [1.82, 2.24) is 15.1 Å². The summed E-state index contributed by atoms with van der Waals surface area (Å²) in [5.74, 6) is 0.785. The van der Waals surface area contributed by atoms with Gasteiger partial charge >= 0.3 is 6.09 Å². The molecule has 0 radical (unpaired) electrons. The molecule has 142 valence electrons. The van der Waals surface area contributed by atoms with Crippen LogP contribution in [0.2, 0.25) is 0 Å². The molecule has 7 heteroatoms. The molecule has 0 spiro atoms. The lowest BCUT2D eigenvalue weighted by atomic mass is 9.91. The number of aromatic nitrogens is 2. The molecule has 0 aliphatic heterocycles. The van der Waals surface area contributed by atoms with Crippen LogP contribution in [0.5, 0.6) is 5.75 Å². The number of amides is 1. The summed E-state index contributed by atoms with van der Waals surface area (Å²) in [7, 11) is 1.65. The first-order chi connectivity index (χ1) is 12.2. The van der Waals surface area contributed by atoms with E-state index in [2.05, 4.69) is 32.1 Å². The third kappa shape index (κ3) is 4.50. The minimum Gasteiger partial charge on any atom is -0.495 e. The predicted octanol–water partition coefficient (Wildman–Crippen LogP) is 4.82. The topological polar surface area (TPSA) is 65.4 Å². The summed E-state index contributed by atoms with van der Waals surface area (Å²) in [6.07, 6.45) is 5.56. The van der Waals surface area contributed by atoms with Gasteiger partial charge in [0.15, 0.2) is 0 Å². The molecule has 1 aromatic heterocycles. The Balaban J connectivity index is 1.61. The fraction of sp³-hybridized carbons (Fsp3) is 0.579. The minimum atomic E-state index is -0.466. The Labute approximate surface area is 162 Å². The van der Waals surface area contributed by atoms with Crippen LogP contribution in [-0.4, -0.2) is 34.6 Å². The molecule has 2 aromatic rings. The Hall–Kier alpha value is -1.76. The molecule has 1 saturated carbocycles. The van der Waals surface area contributed by atoms with E-state index in [-0.39, 0.29) is 12.1 Å². The first kappa shape index (κ1) is 19.0. The summed E-state index contributed by atoms with van der Waals surface area (Å²) in [5.41, 5.74) is 0.463. The van der Waals surface area contributed by atoms with Crippen LogP contribution in [0.4, 0.5) is 4.79 Å². The molecule has 6 nitrogen and oxygen atoms in total. The van der Waals surface area contributed by atoms with Crippen molar-refractivity contribution in [1.29, 1.82) is 0 Å². The van der Waals surface area contributed by atoms with Gasteiger partial charge in [0.1, 0.15) is 11.4 Å². The van der Waals surface area contributed by atoms with Crippen LogP contribution >= 0.6 is 15.9 Å². The molecule has 1 N–H and O–H groups in total. The molecule has 3 rings (SSSR count). The van der Waals surface area contributed by atoms with Crippen molar-refractivity contribution < 1.29 is 14.3 Å². The lowest BCUT2D eigenvalue weighted by molar-refractivity contribution is 0.0487. The van der Waals surface area contributed by atoms with E-state index in [4.69, 9.17) is 14.6 Å². The number of nitrogens with zero attached hydrogens (tertiary/aromatic N) is 2. The van der Waals surface area contributed by atoms with Crippen LogP contribution < -0.4 is 10.1 Å². The van der Waals surface area contributed by atoms with Crippen LogP contribution in [0.3, 0.4) is 0 Å². The first-order valence-electron chi connectivity index (χ1n) is 8.97. The Morgan fingerprint density at radius 1 is 1.27 bits per heavy atom. The average Bonchev–Trinajstić information content (AvgIpc) is 2.95. The van der Waals surface area contributed by atoms with Gasteiger partial charge in [0.25, 0.3) is 0 Å². The van der Waals surface area contributed by atoms with Gasteiger partial charge in [-0.1, -0.05) is 0 Å². The summed E-state index contributed by atoms with van der Waals surface area (Å²) >= 11 is 3.52. The fourth-order valence-electron chi connectivity index (χ4n) is 3.35. The predicted molar refractivity (Wildman–Crippen MR) is 105 cm³/mol. The fourth-order valence-corrected chi connectivity index (χ4v) is 3.87. The Morgan fingerprint density at radius 3 is 2.58 bits per heavy atom. The van der Waals surface area contributed by atoms with Gasteiger partial charge in [0.05, 0.1) is 23.1 Å². The second-order valence-electron chi connectivity index (χ2n) is 7.81. The van der Waals surface area contributed by atoms with Gasteiger partial charge in [-0.3, -0.25) is 4.68 Å². The second-order valence-corrected chi connectivity index (χ2v) is 8.66. The van der Waals surface area contributed by atoms with Crippen molar-refractivity contribution in [2.45, 2.75) is 64.1 Å². The van der Waals surface area contributed by atoms with E-state index in [1.54, 1.807) is 7.11 Å². The van der Waals surface area contributed by atoms with Gasteiger partial charge in [-0.25, -0.2) is 4.79 Å². The number of hydrogen-bond donors (Lipinski definition) is 1. The van der Waals surface area contributed by atoms with Crippen LogP contribution in [0.15, 0.2) is 22.8 Å². The number of benzene rings is 1. The monoisotopic (exact) mass is 423 g/mol. The summed E-state index contributed by atoms with van der Waals surface area (Å²) in [4.78, 5) is 11.9. The smallest absolute Gasteiger partial charge is 0.407 e. The van der Waals surface area contributed by atoms with Gasteiger partial charge in [0.2, 0.25) is 0 Å². The first-order valence-corrected chi connectivity index (χ1v) is 9.76. The number of rotatable bonds is 3. The van der Waals surface area contributed by atoms with Crippen molar-refractivity contribution in [2.24, 2.45) is 0 Å². The summed E-state index contributed by atoms with van der Waals surface area (Å²) in [6, 6.07) is 4.50. The molecule has 1 aliphatic carbocycles. The van der Waals surface area contributed by atoms with Crippen LogP contribution in [0.1, 0.15) is 52.5 Å². The Bertz CT molecular complexity index is 789. The van der Waals surface area contributed by atoms with E-state index in [1.807, 2.05) is 32.9 Å². The number of methoxy groups -OCH3 is 1. The SMILES string of the molecule is COc1cc2nn(C3CCC(NC(=O)OC(C)(C)C)CC3)cc2cc1Br. The van der Waals surface area contributed by atoms with Crippen molar-refractivity contribution in [2.75, 3.05) is 7.11 Å². The normalized spacial score (nSPS) is 20.8. The standard InChI is InChI=1S/C19H26BrN3O3/c1-19(2,3)26-18(24)21-13-5-7-14(8-6-13)23-11-12-9-15(20)17(25-4)10-16(12)22-23/h9-11,13-14H,5-8H2,1-4H3,(H,21,24). The highest BCUT2D eigenvalue weighted by molar-refractivity contribution is 9.10. The highest BCUT2D eigenvalue weighted by Crippen LogP contribution is 2.33. The summed E-state index contributed by atoms with van der Waals surface area (Å²) < 4.78 is 13.7. The quantitative estimate of drug-likeness (QED) is 0.768. The van der Waals surface area contributed by atoms with Gasteiger partial charge in [-0.15, -0.1) is 0 Å². The van der Waals surface area contributed by atoms with E-state index in [0.29, 0.717) is 6.04 Å². The van der Waals surface area contributed by atoms with Gasteiger partial charge < -0.3 is 14.8 Å². The largest absolute Gasteiger partial charge is 0.495 e.